The lowest BCUT2D eigenvalue weighted by atomic mass is 10.2. The molecular formula is C16H19FN2O. The van der Waals surface area contributed by atoms with E-state index >= 15 is 0 Å². The molecule has 1 heterocycles. The SMILES string of the molecule is CC(C)CNC(=O)Cc1cccn1-c1ccc(F)cc1. The molecule has 1 aromatic carbocycles. The summed E-state index contributed by atoms with van der Waals surface area (Å²) in [5, 5.41) is 2.90. The first-order valence-corrected chi connectivity index (χ1v) is 6.75. The molecule has 0 aliphatic carbocycles. The third kappa shape index (κ3) is 3.70. The van der Waals surface area contributed by atoms with Gasteiger partial charge in [-0.1, -0.05) is 13.8 Å². The van der Waals surface area contributed by atoms with Crippen molar-refractivity contribution >= 4 is 5.91 Å². The van der Waals surface area contributed by atoms with Crippen LogP contribution in [0.2, 0.25) is 0 Å². The third-order valence-electron chi connectivity index (χ3n) is 2.99. The first-order chi connectivity index (χ1) is 9.56. The Labute approximate surface area is 118 Å². The smallest absolute Gasteiger partial charge is 0.225 e. The Hall–Kier alpha value is -2.10. The lowest BCUT2D eigenvalue weighted by molar-refractivity contribution is -0.120. The highest BCUT2D eigenvalue weighted by molar-refractivity contribution is 5.78. The van der Waals surface area contributed by atoms with Crippen molar-refractivity contribution in [2.45, 2.75) is 20.3 Å². The minimum absolute atomic E-state index is 0.000705. The van der Waals surface area contributed by atoms with Crippen molar-refractivity contribution in [2.24, 2.45) is 5.92 Å². The summed E-state index contributed by atoms with van der Waals surface area (Å²) in [6.07, 6.45) is 2.19. The van der Waals surface area contributed by atoms with Gasteiger partial charge in [0.1, 0.15) is 5.82 Å². The summed E-state index contributed by atoms with van der Waals surface area (Å²) in [4.78, 5) is 11.9. The average Bonchev–Trinajstić information content (AvgIpc) is 2.85. The van der Waals surface area contributed by atoms with Crippen molar-refractivity contribution < 1.29 is 9.18 Å². The first-order valence-electron chi connectivity index (χ1n) is 6.75. The zero-order valence-corrected chi connectivity index (χ0v) is 11.8. The Balaban J connectivity index is 2.09. The van der Waals surface area contributed by atoms with Gasteiger partial charge in [-0.2, -0.15) is 0 Å². The molecule has 4 heteroatoms. The molecule has 0 aliphatic heterocycles. The summed E-state index contributed by atoms with van der Waals surface area (Å²) < 4.78 is 14.8. The maximum absolute atomic E-state index is 12.9. The van der Waals surface area contributed by atoms with E-state index in [2.05, 4.69) is 19.2 Å². The summed E-state index contributed by atoms with van der Waals surface area (Å²) in [5.41, 5.74) is 1.74. The van der Waals surface area contributed by atoms with Gasteiger partial charge in [0.25, 0.3) is 0 Å². The van der Waals surface area contributed by atoms with Gasteiger partial charge in [0.2, 0.25) is 5.91 Å². The van der Waals surface area contributed by atoms with Crippen LogP contribution in [0.3, 0.4) is 0 Å². The van der Waals surface area contributed by atoms with Crippen LogP contribution >= 0.6 is 0 Å². The Morgan fingerprint density at radius 2 is 1.95 bits per heavy atom. The van der Waals surface area contributed by atoms with Crippen LogP contribution < -0.4 is 5.32 Å². The summed E-state index contributed by atoms with van der Waals surface area (Å²) >= 11 is 0. The average molecular weight is 274 g/mol. The van der Waals surface area contributed by atoms with Crippen molar-refractivity contribution in [1.82, 2.24) is 9.88 Å². The second-order valence-corrected chi connectivity index (χ2v) is 5.22. The molecule has 0 bridgehead atoms. The molecular weight excluding hydrogens is 255 g/mol. The zero-order valence-electron chi connectivity index (χ0n) is 11.8. The Kier molecular flexibility index (Phi) is 4.56. The highest BCUT2D eigenvalue weighted by Crippen LogP contribution is 2.14. The number of aromatic nitrogens is 1. The van der Waals surface area contributed by atoms with E-state index < -0.39 is 0 Å². The Bertz CT molecular complexity index is 572. The lowest BCUT2D eigenvalue weighted by Crippen LogP contribution is -2.29. The molecule has 0 saturated heterocycles. The maximum atomic E-state index is 12.9. The zero-order chi connectivity index (χ0) is 14.5. The van der Waals surface area contributed by atoms with Crippen LogP contribution in [0.15, 0.2) is 42.6 Å². The standard InChI is InChI=1S/C16H19FN2O/c1-12(2)11-18-16(20)10-15-4-3-9-19(15)14-7-5-13(17)6-8-14/h3-9,12H,10-11H2,1-2H3,(H,18,20). The number of nitrogens with one attached hydrogen (secondary N) is 1. The van der Waals surface area contributed by atoms with Gasteiger partial charge in [-0.25, -0.2) is 4.39 Å². The summed E-state index contributed by atoms with van der Waals surface area (Å²) in [7, 11) is 0. The van der Waals surface area contributed by atoms with Crippen LogP contribution in [0.4, 0.5) is 4.39 Å². The molecule has 106 valence electrons. The maximum Gasteiger partial charge on any atom is 0.225 e. The molecule has 20 heavy (non-hydrogen) atoms. The summed E-state index contributed by atoms with van der Waals surface area (Å²) in [6, 6.07) is 10.0. The van der Waals surface area contributed by atoms with Crippen LogP contribution in [0.1, 0.15) is 19.5 Å². The Morgan fingerprint density at radius 3 is 2.60 bits per heavy atom. The number of carbonyl (C=O) groups excluding carboxylic acids is 1. The molecule has 1 N–H and O–H groups in total. The van der Waals surface area contributed by atoms with Crippen molar-refractivity contribution in [3.8, 4) is 5.69 Å². The van der Waals surface area contributed by atoms with Gasteiger partial charge in [-0.15, -0.1) is 0 Å². The molecule has 1 amide bonds. The first kappa shape index (κ1) is 14.3. The van der Waals surface area contributed by atoms with Crippen molar-refractivity contribution in [1.29, 1.82) is 0 Å². The van der Waals surface area contributed by atoms with Crippen LogP contribution in [0, 0.1) is 11.7 Å². The predicted octanol–water partition coefficient (Wildman–Crippen LogP) is 2.93. The van der Waals surface area contributed by atoms with E-state index in [1.54, 1.807) is 12.1 Å². The number of halogens is 1. The fourth-order valence-electron chi connectivity index (χ4n) is 1.96. The van der Waals surface area contributed by atoms with Crippen LogP contribution in [-0.2, 0) is 11.2 Å². The van der Waals surface area contributed by atoms with Gasteiger partial charge >= 0.3 is 0 Å². The molecule has 1 aromatic heterocycles. The van der Waals surface area contributed by atoms with Gasteiger partial charge in [-0.3, -0.25) is 4.79 Å². The van der Waals surface area contributed by atoms with Crippen LogP contribution in [0.25, 0.3) is 5.69 Å². The molecule has 2 aromatic rings. The minimum Gasteiger partial charge on any atom is -0.356 e. The monoisotopic (exact) mass is 274 g/mol. The predicted molar refractivity (Wildman–Crippen MR) is 77.3 cm³/mol. The second kappa shape index (κ2) is 6.37. The van der Waals surface area contributed by atoms with E-state index in [-0.39, 0.29) is 11.7 Å². The molecule has 0 saturated carbocycles. The van der Waals surface area contributed by atoms with Crippen LogP contribution in [0.5, 0.6) is 0 Å². The molecule has 0 radical (unpaired) electrons. The minimum atomic E-state index is -0.267. The van der Waals surface area contributed by atoms with Gasteiger partial charge in [0, 0.05) is 24.1 Å². The number of carbonyl (C=O) groups is 1. The number of hydrogen-bond acceptors (Lipinski definition) is 1. The molecule has 0 atom stereocenters. The lowest BCUT2D eigenvalue weighted by Gasteiger charge is -2.11. The number of hydrogen-bond donors (Lipinski definition) is 1. The van der Waals surface area contributed by atoms with E-state index in [1.807, 2.05) is 22.9 Å². The fourth-order valence-corrected chi connectivity index (χ4v) is 1.96. The number of amides is 1. The van der Waals surface area contributed by atoms with Gasteiger partial charge in [0.05, 0.1) is 6.42 Å². The van der Waals surface area contributed by atoms with Crippen molar-refractivity contribution in [3.05, 3.63) is 54.1 Å². The number of benzene rings is 1. The number of rotatable bonds is 5. The molecule has 0 fully saturated rings. The number of nitrogens with zero attached hydrogens (tertiary/aromatic N) is 1. The summed E-state index contributed by atoms with van der Waals surface area (Å²) in [5.74, 6) is 0.167. The van der Waals surface area contributed by atoms with E-state index in [0.717, 1.165) is 11.4 Å². The third-order valence-corrected chi connectivity index (χ3v) is 2.99. The highest BCUT2D eigenvalue weighted by Gasteiger charge is 2.09. The normalized spacial score (nSPS) is 10.8. The topological polar surface area (TPSA) is 34.0 Å². The molecule has 0 unspecified atom stereocenters. The fraction of sp³-hybridized carbons (Fsp3) is 0.312. The molecule has 0 spiro atoms. The Morgan fingerprint density at radius 1 is 1.25 bits per heavy atom. The summed E-state index contributed by atoms with van der Waals surface area (Å²) in [6.45, 7) is 4.79. The van der Waals surface area contributed by atoms with Crippen molar-refractivity contribution in [2.75, 3.05) is 6.54 Å². The quantitative estimate of drug-likeness (QED) is 0.893. The molecule has 2 rings (SSSR count). The van der Waals surface area contributed by atoms with Gasteiger partial charge in [-0.05, 0) is 42.3 Å². The van der Waals surface area contributed by atoms with E-state index in [1.165, 1.54) is 12.1 Å². The second-order valence-electron chi connectivity index (χ2n) is 5.22. The van der Waals surface area contributed by atoms with Crippen molar-refractivity contribution in [3.63, 3.8) is 0 Å². The largest absolute Gasteiger partial charge is 0.356 e. The van der Waals surface area contributed by atoms with E-state index in [9.17, 15) is 9.18 Å². The molecule has 3 nitrogen and oxygen atoms in total. The molecule has 0 aliphatic rings. The van der Waals surface area contributed by atoms with Gasteiger partial charge in [0.15, 0.2) is 0 Å². The van der Waals surface area contributed by atoms with Crippen LogP contribution in [-0.4, -0.2) is 17.0 Å². The van der Waals surface area contributed by atoms with E-state index in [4.69, 9.17) is 0 Å². The van der Waals surface area contributed by atoms with E-state index in [0.29, 0.717) is 18.9 Å². The van der Waals surface area contributed by atoms with Gasteiger partial charge < -0.3 is 9.88 Å². The highest BCUT2D eigenvalue weighted by atomic mass is 19.1.